The molecule has 146 valence electrons. The molecule has 2 aliphatic rings. The molecule has 2 heterocycles. The number of methoxy groups -OCH3 is 1. The third-order valence-electron chi connectivity index (χ3n) is 5.64. The minimum absolute atomic E-state index is 0.540. The summed E-state index contributed by atoms with van der Waals surface area (Å²) < 4.78 is 5.15. The van der Waals surface area contributed by atoms with Crippen LogP contribution in [0.15, 0.2) is 4.99 Å². The molecule has 0 aromatic rings. The fourth-order valence-corrected chi connectivity index (χ4v) is 4.04. The van der Waals surface area contributed by atoms with E-state index >= 15 is 0 Å². The van der Waals surface area contributed by atoms with E-state index in [-0.39, 0.29) is 0 Å². The second kappa shape index (κ2) is 11.7. The van der Waals surface area contributed by atoms with Crippen LogP contribution in [0.2, 0.25) is 0 Å². The molecule has 0 aliphatic carbocycles. The maximum atomic E-state index is 5.15. The molecule has 0 amide bonds. The van der Waals surface area contributed by atoms with Crippen LogP contribution in [0, 0.1) is 0 Å². The normalized spacial score (nSPS) is 24.4. The highest BCUT2D eigenvalue weighted by Gasteiger charge is 2.22. The van der Waals surface area contributed by atoms with Gasteiger partial charge in [0.1, 0.15) is 0 Å². The van der Waals surface area contributed by atoms with Crippen molar-refractivity contribution in [1.29, 1.82) is 0 Å². The van der Waals surface area contributed by atoms with Crippen LogP contribution < -0.4 is 10.6 Å². The molecule has 1 atom stereocenters. The molecule has 0 bridgehead atoms. The first-order chi connectivity index (χ1) is 12.3. The third kappa shape index (κ3) is 7.12. The molecule has 2 saturated heterocycles. The molecule has 0 aromatic heterocycles. The number of ether oxygens (including phenoxy) is 1. The lowest BCUT2D eigenvalue weighted by Gasteiger charge is -2.36. The van der Waals surface area contributed by atoms with Crippen LogP contribution in [0.1, 0.15) is 45.4 Å². The Kier molecular flexibility index (Phi) is 9.58. The van der Waals surface area contributed by atoms with Gasteiger partial charge in [0.2, 0.25) is 0 Å². The minimum atomic E-state index is 0.540. The van der Waals surface area contributed by atoms with Crippen molar-refractivity contribution < 1.29 is 4.74 Å². The maximum absolute atomic E-state index is 5.15. The Morgan fingerprint density at radius 1 is 1.16 bits per heavy atom. The summed E-state index contributed by atoms with van der Waals surface area (Å²) >= 11 is 0. The molecular formula is C19H39N5O. The second-order valence-electron chi connectivity index (χ2n) is 7.34. The topological polar surface area (TPSA) is 52.1 Å². The Morgan fingerprint density at radius 3 is 2.64 bits per heavy atom. The lowest BCUT2D eigenvalue weighted by Crippen LogP contribution is -2.52. The summed E-state index contributed by atoms with van der Waals surface area (Å²) in [7, 11) is 3.66. The van der Waals surface area contributed by atoms with E-state index < -0.39 is 0 Å². The third-order valence-corrected chi connectivity index (χ3v) is 5.64. The van der Waals surface area contributed by atoms with Crippen molar-refractivity contribution in [2.45, 2.75) is 57.5 Å². The Bertz CT molecular complexity index is 382. The highest BCUT2D eigenvalue weighted by atomic mass is 16.5. The fraction of sp³-hybridized carbons (Fsp3) is 0.947. The van der Waals surface area contributed by atoms with Gasteiger partial charge in [0.05, 0.1) is 0 Å². The molecule has 25 heavy (non-hydrogen) atoms. The van der Waals surface area contributed by atoms with Crippen molar-refractivity contribution >= 4 is 5.96 Å². The number of aliphatic imine (C=N–C) groups is 1. The number of likely N-dealkylation sites (N-methyl/N-ethyl adjacent to an activating group) is 1. The lowest BCUT2D eigenvalue weighted by molar-refractivity contribution is 0.154. The number of likely N-dealkylation sites (tertiary alicyclic amines) is 2. The summed E-state index contributed by atoms with van der Waals surface area (Å²) in [5.41, 5.74) is 0. The molecule has 2 aliphatic heterocycles. The van der Waals surface area contributed by atoms with Crippen LogP contribution in [0.3, 0.4) is 0 Å². The Morgan fingerprint density at radius 2 is 1.96 bits per heavy atom. The van der Waals surface area contributed by atoms with E-state index in [4.69, 9.17) is 4.74 Å². The van der Waals surface area contributed by atoms with Crippen molar-refractivity contribution in [3.63, 3.8) is 0 Å². The van der Waals surface area contributed by atoms with Crippen LogP contribution in [-0.2, 0) is 4.74 Å². The predicted octanol–water partition coefficient (Wildman–Crippen LogP) is 1.53. The van der Waals surface area contributed by atoms with Gasteiger partial charge in [0.15, 0.2) is 5.96 Å². The SMILES string of the molecule is CCN1CCCCC1CNC(=NC)NC1CCN(CCCOC)CC1. The first-order valence-electron chi connectivity index (χ1n) is 10.2. The van der Waals surface area contributed by atoms with Crippen LogP contribution in [0.25, 0.3) is 0 Å². The smallest absolute Gasteiger partial charge is 0.191 e. The number of nitrogens with one attached hydrogen (secondary N) is 2. The van der Waals surface area contributed by atoms with Crippen LogP contribution in [0.4, 0.5) is 0 Å². The van der Waals surface area contributed by atoms with Crippen molar-refractivity contribution in [2.75, 3.05) is 60.0 Å². The summed E-state index contributed by atoms with van der Waals surface area (Å²) in [6, 6.07) is 1.19. The van der Waals surface area contributed by atoms with Gasteiger partial charge in [-0.2, -0.15) is 0 Å². The van der Waals surface area contributed by atoms with Gasteiger partial charge in [0, 0.05) is 59.0 Å². The Balaban J connectivity index is 1.66. The predicted molar refractivity (Wildman–Crippen MR) is 105 cm³/mol. The lowest BCUT2D eigenvalue weighted by atomic mass is 10.0. The van der Waals surface area contributed by atoms with E-state index in [0.717, 1.165) is 38.6 Å². The monoisotopic (exact) mass is 353 g/mol. The molecular weight excluding hydrogens is 314 g/mol. The molecule has 1 unspecified atom stereocenters. The van der Waals surface area contributed by atoms with E-state index in [1.165, 1.54) is 51.7 Å². The van der Waals surface area contributed by atoms with Crippen molar-refractivity contribution in [3.8, 4) is 0 Å². The molecule has 0 radical (unpaired) electrons. The van der Waals surface area contributed by atoms with Gasteiger partial charge >= 0.3 is 0 Å². The summed E-state index contributed by atoms with van der Waals surface area (Å²) in [6.45, 7) is 10.0. The van der Waals surface area contributed by atoms with Crippen molar-refractivity contribution in [3.05, 3.63) is 0 Å². The van der Waals surface area contributed by atoms with Gasteiger partial charge in [-0.1, -0.05) is 13.3 Å². The average Bonchev–Trinajstić information content (AvgIpc) is 2.66. The molecule has 0 aromatic carbocycles. The standard InChI is InChI=1S/C19H39N5O/c1-4-24-12-6-5-8-18(24)16-21-19(20-2)22-17-9-13-23(14-10-17)11-7-15-25-3/h17-18H,4-16H2,1-3H3,(H2,20,21,22). The van der Waals surface area contributed by atoms with Crippen LogP contribution in [0.5, 0.6) is 0 Å². The number of rotatable bonds is 8. The first kappa shape index (κ1) is 20.5. The second-order valence-corrected chi connectivity index (χ2v) is 7.34. The zero-order valence-electron chi connectivity index (χ0n) is 16.6. The van der Waals surface area contributed by atoms with Crippen molar-refractivity contribution in [2.24, 2.45) is 4.99 Å². The number of piperidine rings is 2. The number of guanidine groups is 1. The maximum Gasteiger partial charge on any atom is 0.191 e. The van der Waals surface area contributed by atoms with Crippen molar-refractivity contribution in [1.82, 2.24) is 20.4 Å². The zero-order chi connectivity index (χ0) is 17.9. The number of hydrogen-bond acceptors (Lipinski definition) is 4. The van der Waals surface area contributed by atoms with Crippen LogP contribution in [-0.4, -0.2) is 87.9 Å². The van der Waals surface area contributed by atoms with Gasteiger partial charge in [-0.15, -0.1) is 0 Å². The summed E-state index contributed by atoms with van der Waals surface area (Å²) in [6.07, 6.45) is 7.53. The van der Waals surface area contributed by atoms with E-state index in [0.29, 0.717) is 12.1 Å². The summed E-state index contributed by atoms with van der Waals surface area (Å²) in [5.74, 6) is 0.972. The molecule has 6 nitrogen and oxygen atoms in total. The fourth-order valence-electron chi connectivity index (χ4n) is 4.04. The quantitative estimate of drug-likeness (QED) is 0.394. The van der Waals surface area contributed by atoms with Crippen LogP contribution >= 0.6 is 0 Å². The minimum Gasteiger partial charge on any atom is -0.385 e. The highest BCUT2D eigenvalue weighted by Crippen LogP contribution is 2.16. The largest absolute Gasteiger partial charge is 0.385 e. The number of hydrogen-bond donors (Lipinski definition) is 2. The van der Waals surface area contributed by atoms with Gasteiger partial charge in [-0.05, 0) is 45.2 Å². The molecule has 2 rings (SSSR count). The van der Waals surface area contributed by atoms with E-state index in [1.54, 1.807) is 7.11 Å². The first-order valence-corrected chi connectivity index (χ1v) is 10.2. The zero-order valence-corrected chi connectivity index (χ0v) is 16.6. The van der Waals surface area contributed by atoms with E-state index in [9.17, 15) is 0 Å². The molecule has 0 saturated carbocycles. The number of nitrogens with zero attached hydrogens (tertiary/aromatic N) is 3. The Hall–Kier alpha value is -0.850. The molecule has 2 fully saturated rings. The van der Waals surface area contributed by atoms with Gasteiger partial charge < -0.3 is 20.3 Å². The molecule has 6 heteroatoms. The molecule has 0 spiro atoms. The summed E-state index contributed by atoms with van der Waals surface area (Å²) in [5, 5.41) is 7.21. The average molecular weight is 354 g/mol. The van der Waals surface area contributed by atoms with Gasteiger partial charge in [-0.25, -0.2) is 0 Å². The van der Waals surface area contributed by atoms with Gasteiger partial charge in [0.25, 0.3) is 0 Å². The van der Waals surface area contributed by atoms with E-state index in [1.807, 2.05) is 7.05 Å². The van der Waals surface area contributed by atoms with Gasteiger partial charge in [-0.3, -0.25) is 9.89 Å². The summed E-state index contributed by atoms with van der Waals surface area (Å²) in [4.78, 5) is 9.59. The molecule has 2 N–H and O–H groups in total. The Labute approximate surface area is 154 Å². The highest BCUT2D eigenvalue weighted by molar-refractivity contribution is 5.80. The van der Waals surface area contributed by atoms with E-state index in [2.05, 4.69) is 32.3 Å².